The number of para-hydroxylation sites is 1. The molecule has 4 heteroatoms. The number of carbonyl (C=O) groups excluding carboxylic acids is 1. The van der Waals surface area contributed by atoms with E-state index in [9.17, 15) is 4.79 Å². The fourth-order valence-electron chi connectivity index (χ4n) is 3.05. The third-order valence-electron chi connectivity index (χ3n) is 4.22. The van der Waals surface area contributed by atoms with Crippen molar-refractivity contribution in [2.45, 2.75) is 18.9 Å². The smallest absolute Gasteiger partial charge is 0.251 e. The highest BCUT2D eigenvalue weighted by atomic mass is 16.1. The first-order valence-corrected chi connectivity index (χ1v) is 7.88. The number of nitrogens with one attached hydrogen (secondary N) is 1. The molecule has 0 aromatic heterocycles. The zero-order valence-electron chi connectivity index (χ0n) is 12.9. The Morgan fingerprint density at radius 2 is 2.04 bits per heavy atom. The van der Waals surface area contributed by atoms with Gasteiger partial charge in [0.15, 0.2) is 0 Å². The lowest BCUT2D eigenvalue weighted by Gasteiger charge is -2.27. The Bertz CT molecular complexity index is 721. The molecule has 2 aromatic rings. The van der Waals surface area contributed by atoms with E-state index in [0.717, 1.165) is 19.4 Å². The molecule has 3 rings (SSSR count). The van der Waals surface area contributed by atoms with Gasteiger partial charge in [-0.25, -0.2) is 0 Å². The summed E-state index contributed by atoms with van der Waals surface area (Å²) in [4.78, 5) is 14.6. The second-order valence-corrected chi connectivity index (χ2v) is 5.73. The van der Waals surface area contributed by atoms with Crippen molar-refractivity contribution in [1.29, 1.82) is 5.26 Å². The summed E-state index contributed by atoms with van der Waals surface area (Å²) in [5.41, 5.74) is 2.24. The topological polar surface area (TPSA) is 56.1 Å². The van der Waals surface area contributed by atoms with E-state index in [-0.39, 0.29) is 5.91 Å². The zero-order valence-corrected chi connectivity index (χ0v) is 12.9. The normalized spacial score (nSPS) is 16.8. The standard InChI is InChI=1S/C19H19N3O/c20-13-15-6-4-7-16(12-15)19(23)21-14-18-10-5-11-22(18)17-8-2-1-3-9-17/h1-4,6-9,12,18H,5,10-11,14H2,(H,21,23). The molecule has 0 radical (unpaired) electrons. The fourth-order valence-corrected chi connectivity index (χ4v) is 3.05. The van der Waals surface area contributed by atoms with Gasteiger partial charge in [-0.3, -0.25) is 4.79 Å². The molecule has 1 aliphatic heterocycles. The van der Waals surface area contributed by atoms with Crippen molar-refractivity contribution in [3.8, 4) is 6.07 Å². The van der Waals surface area contributed by atoms with Gasteiger partial charge in [-0.05, 0) is 43.2 Å². The third-order valence-corrected chi connectivity index (χ3v) is 4.22. The number of nitriles is 1. The lowest BCUT2D eigenvalue weighted by molar-refractivity contribution is 0.0951. The molecule has 0 aliphatic carbocycles. The van der Waals surface area contributed by atoms with Gasteiger partial charge in [-0.15, -0.1) is 0 Å². The molecule has 1 atom stereocenters. The van der Waals surface area contributed by atoms with E-state index < -0.39 is 0 Å². The Balaban J connectivity index is 1.63. The predicted molar refractivity (Wildman–Crippen MR) is 90.3 cm³/mol. The molecule has 2 aromatic carbocycles. The quantitative estimate of drug-likeness (QED) is 0.945. The van der Waals surface area contributed by atoms with Crippen LogP contribution in [-0.2, 0) is 0 Å². The maximum Gasteiger partial charge on any atom is 0.251 e. The van der Waals surface area contributed by atoms with Crippen LogP contribution in [0.4, 0.5) is 5.69 Å². The Morgan fingerprint density at radius 3 is 2.83 bits per heavy atom. The van der Waals surface area contributed by atoms with Gasteiger partial charge in [-0.2, -0.15) is 5.26 Å². The molecule has 1 saturated heterocycles. The third kappa shape index (κ3) is 3.51. The maximum absolute atomic E-state index is 12.3. The van der Waals surface area contributed by atoms with Crippen LogP contribution in [0.2, 0.25) is 0 Å². The summed E-state index contributed by atoms with van der Waals surface area (Å²) in [6.45, 7) is 1.64. The van der Waals surface area contributed by atoms with Crippen LogP contribution in [0.25, 0.3) is 0 Å². The van der Waals surface area contributed by atoms with Gasteiger partial charge >= 0.3 is 0 Å². The van der Waals surface area contributed by atoms with Gasteiger partial charge in [-0.1, -0.05) is 24.3 Å². The van der Waals surface area contributed by atoms with Gasteiger partial charge in [0.25, 0.3) is 5.91 Å². The van der Waals surface area contributed by atoms with Gasteiger partial charge in [0.2, 0.25) is 0 Å². The lowest BCUT2D eigenvalue weighted by atomic mass is 10.1. The maximum atomic E-state index is 12.3. The van der Waals surface area contributed by atoms with Gasteiger partial charge < -0.3 is 10.2 Å². The molecular weight excluding hydrogens is 286 g/mol. The number of hydrogen-bond acceptors (Lipinski definition) is 3. The van der Waals surface area contributed by atoms with E-state index in [1.54, 1.807) is 24.3 Å². The van der Waals surface area contributed by atoms with E-state index in [2.05, 4.69) is 28.4 Å². The van der Waals surface area contributed by atoms with Crippen LogP contribution >= 0.6 is 0 Å². The minimum absolute atomic E-state index is 0.123. The summed E-state index contributed by atoms with van der Waals surface area (Å²) >= 11 is 0. The molecule has 1 amide bonds. The molecule has 1 N–H and O–H groups in total. The summed E-state index contributed by atoms with van der Waals surface area (Å²) < 4.78 is 0. The first-order chi connectivity index (χ1) is 11.3. The predicted octanol–water partition coefficient (Wildman–Crippen LogP) is 2.96. The van der Waals surface area contributed by atoms with E-state index in [0.29, 0.717) is 23.7 Å². The van der Waals surface area contributed by atoms with E-state index >= 15 is 0 Å². The van der Waals surface area contributed by atoms with Crippen molar-refractivity contribution in [1.82, 2.24) is 5.32 Å². The van der Waals surface area contributed by atoms with E-state index in [1.807, 2.05) is 18.2 Å². The number of carbonyl (C=O) groups is 1. The van der Waals surface area contributed by atoms with E-state index in [4.69, 9.17) is 5.26 Å². The highest BCUT2D eigenvalue weighted by molar-refractivity contribution is 5.94. The average molecular weight is 305 g/mol. The van der Waals surface area contributed by atoms with Crippen molar-refractivity contribution >= 4 is 11.6 Å². The van der Waals surface area contributed by atoms with Crippen molar-refractivity contribution in [3.05, 3.63) is 65.7 Å². The number of benzene rings is 2. The fraction of sp³-hybridized carbons (Fsp3) is 0.263. The number of nitrogens with zero attached hydrogens (tertiary/aromatic N) is 2. The van der Waals surface area contributed by atoms with Gasteiger partial charge in [0, 0.05) is 30.4 Å². The van der Waals surface area contributed by atoms with Crippen LogP contribution in [0.5, 0.6) is 0 Å². The molecule has 4 nitrogen and oxygen atoms in total. The van der Waals surface area contributed by atoms with E-state index in [1.165, 1.54) is 5.69 Å². The Hall–Kier alpha value is -2.80. The van der Waals surface area contributed by atoms with Crippen LogP contribution in [0.1, 0.15) is 28.8 Å². The summed E-state index contributed by atoms with van der Waals surface area (Å²) in [6, 6.07) is 19.5. The molecule has 1 unspecified atom stereocenters. The first kappa shape index (κ1) is 15.1. The molecule has 0 bridgehead atoms. The molecule has 116 valence electrons. The second-order valence-electron chi connectivity index (χ2n) is 5.73. The minimum atomic E-state index is -0.123. The minimum Gasteiger partial charge on any atom is -0.367 e. The van der Waals surface area contributed by atoms with Crippen LogP contribution in [0.15, 0.2) is 54.6 Å². The molecule has 1 heterocycles. The summed E-state index contributed by atoms with van der Waals surface area (Å²) in [6.07, 6.45) is 2.22. The zero-order chi connectivity index (χ0) is 16.1. The first-order valence-electron chi connectivity index (χ1n) is 7.88. The number of anilines is 1. The average Bonchev–Trinajstić information content (AvgIpc) is 3.09. The van der Waals surface area contributed by atoms with Crippen LogP contribution in [0, 0.1) is 11.3 Å². The molecule has 1 aliphatic rings. The molecule has 1 fully saturated rings. The highest BCUT2D eigenvalue weighted by Crippen LogP contribution is 2.24. The molecular formula is C19H19N3O. The SMILES string of the molecule is N#Cc1cccc(C(=O)NCC2CCCN2c2ccccc2)c1. The van der Waals surface area contributed by atoms with Gasteiger partial charge in [0.1, 0.15) is 0 Å². The van der Waals surface area contributed by atoms with Crippen LogP contribution in [-0.4, -0.2) is 25.0 Å². The largest absolute Gasteiger partial charge is 0.367 e. The van der Waals surface area contributed by atoms with Crippen molar-refractivity contribution in [2.75, 3.05) is 18.0 Å². The molecule has 0 spiro atoms. The highest BCUT2D eigenvalue weighted by Gasteiger charge is 2.25. The second kappa shape index (κ2) is 6.97. The molecule has 0 saturated carbocycles. The van der Waals surface area contributed by atoms with Crippen molar-refractivity contribution < 1.29 is 4.79 Å². The Labute approximate surface area is 136 Å². The number of hydrogen-bond donors (Lipinski definition) is 1. The van der Waals surface area contributed by atoms with Gasteiger partial charge in [0.05, 0.1) is 11.6 Å². The number of amides is 1. The lowest BCUT2D eigenvalue weighted by Crippen LogP contribution is -2.40. The monoisotopic (exact) mass is 305 g/mol. The summed E-state index contributed by atoms with van der Waals surface area (Å²) in [5, 5.41) is 11.9. The number of rotatable bonds is 4. The molecule has 23 heavy (non-hydrogen) atoms. The Kier molecular flexibility index (Phi) is 4.58. The van der Waals surface area contributed by atoms with Crippen molar-refractivity contribution in [2.24, 2.45) is 0 Å². The van der Waals surface area contributed by atoms with Crippen LogP contribution in [0.3, 0.4) is 0 Å². The van der Waals surface area contributed by atoms with Crippen LogP contribution < -0.4 is 10.2 Å². The summed E-state index contributed by atoms with van der Waals surface area (Å²) in [5.74, 6) is -0.123. The summed E-state index contributed by atoms with van der Waals surface area (Å²) in [7, 11) is 0. The van der Waals surface area contributed by atoms with Crippen molar-refractivity contribution in [3.63, 3.8) is 0 Å². The Morgan fingerprint density at radius 1 is 1.22 bits per heavy atom.